The summed E-state index contributed by atoms with van der Waals surface area (Å²) in [5.74, 6) is 0.261. The van der Waals surface area contributed by atoms with Crippen LogP contribution < -0.4 is 10.1 Å². The highest BCUT2D eigenvalue weighted by molar-refractivity contribution is 5.94. The van der Waals surface area contributed by atoms with E-state index in [9.17, 15) is 9.59 Å². The van der Waals surface area contributed by atoms with Crippen LogP contribution in [0.5, 0.6) is 5.75 Å². The lowest BCUT2D eigenvalue weighted by Crippen LogP contribution is -2.31. The number of carbonyl (C=O) groups excluding carboxylic acids is 2. The van der Waals surface area contributed by atoms with Crippen molar-refractivity contribution in [1.29, 1.82) is 0 Å². The van der Waals surface area contributed by atoms with E-state index < -0.39 is 18.0 Å². The topological polar surface area (TPSA) is 90.7 Å². The average Bonchev–Trinajstić information content (AvgIpc) is 2.91. The van der Waals surface area contributed by atoms with Crippen LogP contribution in [0.25, 0.3) is 0 Å². The van der Waals surface area contributed by atoms with E-state index in [1.165, 1.54) is 6.92 Å². The zero-order valence-electron chi connectivity index (χ0n) is 13.2. The second-order valence-electron chi connectivity index (χ2n) is 5.05. The van der Waals surface area contributed by atoms with E-state index in [1.54, 1.807) is 25.1 Å². The summed E-state index contributed by atoms with van der Waals surface area (Å²) in [6.45, 7) is 4.85. The van der Waals surface area contributed by atoms with Crippen LogP contribution in [0.1, 0.15) is 18.2 Å². The normalized spacial score (nSPS) is 11.6. The van der Waals surface area contributed by atoms with Crippen LogP contribution in [-0.2, 0) is 14.3 Å². The fourth-order valence-electron chi connectivity index (χ4n) is 1.71. The molecule has 0 bridgehead atoms. The van der Waals surface area contributed by atoms with Gasteiger partial charge >= 0.3 is 5.97 Å². The van der Waals surface area contributed by atoms with E-state index in [0.29, 0.717) is 11.5 Å². The monoisotopic (exact) mass is 318 g/mol. The second-order valence-corrected chi connectivity index (χ2v) is 5.05. The van der Waals surface area contributed by atoms with Gasteiger partial charge in [-0.05, 0) is 32.9 Å². The van der Waals surface area contributed by atoms with Crippen molar-refractivity contribution in [3.63, 3.8) is 0 Å². The number of nitrogens with one attached hydrogen (secondary N) is 1. The van der Waals surface area contributed by atoms with E-state index in [4.69, 9.17) is 14.0 Å². The van der Waals surface area contributed by atoms with Gasteiger partial charge in [-0.25, -0.2) is 4.79 Å². The first-order valence-corrected chi connectivity index (χ1v) is 7.07. The highest BCUT2D eigenvalue weighted by Gasteiger charge is 2.19. The Morgan fingerprint density at radius 3 is 2.57 bits per heavy atom. The van der Waals surface area contributed by atoms with Crippen LogP contribution >= 0.6 is 0 Å². The van der Waals surface area contributed by atoms with Gasteiger partial charge in [-0.3, -0.25) is 4.79 Å². The Morgan fingerprint density at radius 1 is 1.26 bits per heavy atom. The molecule has 1 heterocycles. The second kappa shape index (κ2) is 7.44. The van der Waals surface area contributed by atoms with E-state index in [0.717, 1.165) is 5.56 Å². The number of esters is 1. The standard InChI is InChI=1S/C16H18N2O5/c1-10-4-6-13(7-5-10)21-9-15(19)22-12(3)16(20)17-14-8-11(2)23-18-14/h4-8,12H,9H2,1-3H3,(H,17,18,20)/t12-/m1/s1. The highest BCUT2D eigenvalue weighted by atomic mass is 16.6. The molecule has 2 rings (SSSR count). The van der Waals surface area contributed by atoms with Crippen molar-refractivity contribution in [2.45, 2.75) is 26.9 Å². The van der Waals surface area contributed by atoms with Crippen LogP contribution in [0, 0.1) is 13.8 Å². The first-order chi connectivity index (χ1) is 10.9. The smallest absolute Gasteiger partial charge is 0.344 e. The quantitative estimate of drug-likeness (QED) is 0.821. The Hall–Kier alpha value is -2.83. The summed E-state index contributed by atoms with van der Waals surface area (Å²) in [4.78, 5) is 23.6. The largest absolute Gasteiger partial charge is 0.482 e. The lowest BCUT2D eigenvalue weighted by molar-refractivity contribution is -0.155. The Morgan fingerprint density at radius 2 is 1.96 bits per heavy atom. The number of anilines is 1. The summed E-state index contributed by atoms with van der Waals surface area (Å²) in [6.07, 6.45) is -0.971. The van der Waals surface area contributed by atoms with Crippen molar-refractivity contribution in [3.8, 4) is 5.75 Å². The molecular weight excluding hydrogens is 300 g/mol. The maximum Gasteiger partial charge on any atom is 0.344 e. The minimum Gasteiger partial charge on any atom is -0.482 e. The third kappa shape index (κ3) is 5.14. The van der Waals surface area contributed by atoms with Gasteiger partial charge in [-0.15, -0.1) is 0 Å². The van der Waals surface area contributed by atoms with Gasteiger partial charge in [0.25, 0.3) is 5.91 Å². The molecular formula is C16H18N2O5. The zero-order valence-corrected chi connectivity index (χ0v) is 13.2. The van der Waals surface area contributed by atoms with Crippen LogP contribution in [0.3, 0.4) is 0 Å². The molecule has 1 aromatic heterocycles. The molecule has 0 aliphatic carbocycles. The van der Waals surface area contributed by atoms with E-state index in [-0.39, 0.29) is 12.4 Å². The molecule has 23 heavy (non-hydrogen) atoms. The molecule has 1 aromatic carbocycles. The fourth-order valence-corrected chi connectivity index (χ4v) is 1.71. The molecule has 122 valence electrons. The lowest BCUT2D eigenvalue weighted by Gasteiger charge is -2.12. The lowest BCUT2D eigenvalue weighted by atomic mass is 10.2. The van der Waals surface area contributed by atoms with E-state index in [2.05, 4.69) is 10.5 Å². The molecule has 7 nitrogen and oxygen atoms in total. The molecule has 0 spiro atoms. The van der Waals surface area contributed by atoms with E-state index in [1.807, 2.05) is 19.1 Å². The minimum absolute atomic E-state index is 0.270. The maximum absolute atomic E-state index is 11.9. The molecule has 0 unspecified atom stereocenters. The predicted molar refractivity (Wildman–Crippen MR) is 82.1 cm³/mol. The Bertz CT molecular complexity index is 678. The minimum atomic E-state index is -0.971. The van der Waals surface area contributed by atoms with Crippen LogP contribution in [0.4, 0.5) is 5.82 Å². The number of aromatic nitrogens is 1. The number of aryl methyl sites for hydroxylation is 2. The first kappa shape index (κ1) is 16.5. The number of nitrogens with zero attached hydrogens (tertiary/aromatic N) is 1. The molecule has 2 aromatic rings. The number of hydrogen-bond donors (Lipinski definition) is 1. The van der Waals surface area contributed by atoms with Gasteiger partial charge in [0.05, 0.1) is 0 Å². The number of carbonyl (C=O) groups is 2. The Kier molecular flexibility index (Phi) is 5.35. The third-order valence-electron chi connectivity index (χ3n) is 2.93. The highest BCUT2D eigenvalue weighted by Crippen LogP contribution is 2.12. The molecule has 0 aliphatic rings. The molecule has 1 amide bonds. The Balaban J connectivity index is 1.77. The summed E-state index contributed by atoms with van der Waals surface area (Å²) < 4.78 is 15.1. The van der Waals surface area contributed by atoms with Gasteiger partial charge in [0.15, 0.2) is 18.5 Å². The molecule has 0 saturated heterocycles. The molecule has 1 atom stereocenters. The summed E-state index contributed by atoms with van der Waals surface area (Å²) in [7, 11) is 0. The van der Waals surface area contributed by atoms with Crippen molar-refractivity contribution >= 4 is 17.7 Å². The predicted octanol–water partition coefficient (Wildman–Crippen LogP) is 2.24. The van der Waals surface area contributed by atoms with Gasteiger partial charge in [0.1, 0.15) is 11.5 Å². The summed E-state index contributed by atoms with van der Waals surface area (Å²) >= 11 is 0. The summed E-state index contributed by atoms with van der Waals surface area (Å²) in [5, 5.41) is 6.11. The summed E-state index contributed by atoms with van der Waals surface area (Å²) in [5.41, 5.74) is 1.09. The van der Waals surface area contributed by atoms with Gasteiger partial charge in [0, 0.05) is 6.07 Å². The van der Waals surface area contributed by atoms with Crippen LogP contribution in [0.2, 0.25) is 0 Å². The number of ether oxygens (including phenoxy) is 2. The van der Waals surface area contributed by atoms with Gasteiger partial charge in [0.2, 0.25) is 0 Å². The van der Waals surface area contributed by atoms with Gasteiger partial charge in [-0.1, -0.05) is 22.9 Å². The third-order valence-corrected chi connectivity index (χ3v) is 2.93. The molecule has 7 heteroatoms. The van der Waals surface area contributed by atoms with Gasteiger partial charge < -0.3 is 19.3 Å². The van der Waals surface area contributed by atoms with Crippen molar-refractivity contribution in [2.75, 3.05) is 11.9 Å². The van der Waals surface area contributed by atoms with Crippen LogP contribution in [-0.4, -0.2) is 29.7 Å². The number of rotatable bonds is 6. The average molecular weight is 318 g/mol. The number of hydrogen-bond acceptors (Lipinski definition) is 6. The maximum atomic E-state index is 11.9. The first-order valence-electron chi connectivity index (χ1n) is 7.07. The van der Waals surface area contributed by atoms with Crippen molar-refractivity contribution < 1.29 is 23.6 Å². The molecule has 0 aliphatic heterocycles. The molecule has 0 fully saturated rings. The van der Waals surface area contributed by atoms with Crippen molar-refractivity contribution in [1.82, 2.24) is 5.16 Å². The zero-order chi connectivity index (χ0) is 16.8. The van der Waals surface area contributed by atoms with Crippen LogP contribution in [0.15, 0.2) is 34.9 Å². The fraction of sp³-hybridized carbons (Fsp3) is 0.312. The van der Waals surface area contributed by atoms with E-state index >= 15 is 0 Å². The van der Waals surface area contributed by atoms with Gasteiger partial charge in [-0.2, -0.15) is 0 Å². The molecule has 0 saturated carbocycles. The number of amides is 1. The van der Waals surface area contributed by atoms with Crippen molar-refractivity contribution in [3.05, 3.63) is 41.7 Å². The summed E-state index contributed by atoms with van der Waals surface area (Å²) in [6, 6.07) is 8.82. The van der Waals surface area contributed by atoms with Crippen molar-refractivity contribution in [2.24, 2.45) is 0 Å². The molecule has 0 radical (unpaired) electrons. The Labute approximate surface area is 133 Å². The number of benzene rings is 1. The molecule has 1 N–H and O–H groups in total. The SMILES string of the molecule is Cc1ccc(OCC(=O)O[C@H](C)C(=O)Nc2cc(C)on2)cc1.